The van der Waals surface area contributed by atoms with E-state index in [-0.39, 0.29) is 37.7 Å². The average molecular weight is 719 g/mol. The normalized spacial score (nSPS) is 25.1. The van der Waals surface area contributed by atoms with Crippen molar-refractivity contribution in [2.24, 2.45) is 0 Å². The van der Waals surface area contributed by atoms with Crippen molar-refractivity contribution in [2.75, 3.05) is 107 Å². The van der Waals surface area contributed by atoms with E-state index in [1.54, 1.807) is 62.6 Å². The molecule has 280 valence electrons. The Balaban J connectivity index is 1.20. The number of ether oxygens (including phenoxy) is 4. The number of piperazine rings is 2. The molecule has 0 N–H and O–H groups in total. The van der Waals surface area contributed by atoms with Crippen LogP contribution in [0.1, 0.15) is 33.6 Å². The molecule has 0 saturated carbocycles. The van der Waals surface area contributed by atoms with Crippen LogP contribution in [-0.2, 0) is 19.1 Å². The van der Waals surface area contributed by atoms with Crippen LogP contribution < -0.4 is 9.47 Å². The summed E-state index contributed by atoms with van der Waals surface area (Å²) < 4.78 is 25.0. The summed E-state index contributed by atoms with van der Waals surface area (Å²) in [5.74, 6) is -4.57. The molecule has 0 aliphatic carbocycles. The Morgan fingerprint density at radius 3 is 1.37 bits per heavy atom. The lowest BCUT2D eigenvalue weighted by atomic mass is 10.1. The number of hydrogen-bond donors (Lipinski definition) is 0. The molecule has 4 aliphatic rings. The lowest BCUT2D eigenvalue weighted by molar-refractivity contribution is -0.201. The summed E-state index contributed by atoms with van der Waals surface area (Å²) in [7, 11) is 7.46. The van der Waals surface area contributed by atoms with E-state index < -0.39 is 23.5 Å². The van der Waals surface area contributed by atoms with Crippen molar-refractivity contribution in [3.8, 4) is 11.5 Å². The zero-order valence-electron chi connectivity index (χ0n) is 30.6. The van der Waals surface area contributed by atoms with Crippen molar-refractivity contribution in [2.45, 2.75) is 24.4 Å². The highest BCUT2D eigenvalue weighted by molar-refractivity contribution is 5.98. The third-order valence-electron chi connectivity index (χ3n) is 10.2. The Labute approximate surface area is 305 Å². The van der Waals surface area contributed by atoms with Crippen molar-refractivity contribution in [3.63, 3.8) is 0 Å². The van der Waals surface area contributed by atoms with Crippen LogP contribution in [0.2, 0.25) is 0 Å². The van der Waals surface area contributed by atoms with E-state index in [1.165, 1.54) is 9.80 Å². The van der Waals surface area contributed by atoms with E-state index in [0.29, 0.717) is 35.7 Å². The smallest absolute Gasteiger partial charge is 0.334 e. The van der Waals surface area contributed by atoms with E-state index >= 15 is 0 Å². The molecule has 4 heterocycles. The molecule has 2 atom stereocenters. The van der Waals surface area contributed by atoms with Gasteiger partial charge >= 0.3 is 11.9 Å². The Hall–Kier alpha value is -4.50. The lowest BCUT2D eigenvalue weighted by Crippen LogP contribution is -2.53. The number of carbonyl (C=O) groups is 4. The molecule has 6 rings (SSSR count). The number of para-hydroxylation sites is 2. The second kappa shape index (κ2) is 16.0. The molecular weight excluding hydrogens is 668 g/mol. The van der Waals surface area contributed by atoms with Crippen LogP contribution in [0.4, 0.5) is 0 Å². The first-order valence-electron chi connectivity index (χ1n) is 18.0. The van der Waals surface area contributed by atoms with E-state index in [0.717, 1.165) is 64.5 Å². The van der Waals surface area contributed by atoms with Gasteiger partial charge < -0.3 is 48.3 Å². The zero-order valence-corrected chi connectivity index (χ0v) is 30.6. The highest BCUT2D eigenvalue weighted by atomic mass is 16.7. The van der Waals surface area contributed by atoms with Gasteiger partial charge in [0.1, 0.15) is 11.5 Å². The number of fused-ring (bicyclic) bond motifs is 2. The van der Waals surface area contributed by atoms with Gasteiger partial charge in [-0.05, 0) is 38.4 Å². The van der Waals surface area contributed by atoms with Crippen LogP contribution in [0.25, 0.3) is 0 Å². The quantitative estimate of drug-likeness (QED) is 0.262. The molecule has 14 nitrogen and oxygen atoms in total. The van der Waals surface area contributed by atoms with Gasteiger partial charge in [0, 0.05) is 105 Å². The largest absolute Gasteiger partial charge is 0.449 e. The minimum Gasteiger partial charge on any atom is -0.449 e. The predicted molar refractivity (Wildman–Crippen MR) is 192 cm³/mol. The highest BCUT2D eigenvalue weighted by Gasteiger charge is 2.45. The van der Waals surface area contributed by atoms with Crippen molar-refractivity contribution in [1.82, 2.24) is 29.4 Å². The summed E-state index contributed by atoms with van der Waals surface area (Å²) in [5.41, 5.74) is 0.744. The van der Waals surface area contributed by atoms with Gasteiger partial charge in [-0.25, -0.2) is 9.59 Å². The SMILES string of the molecule is CN1CCN(CCC2(OC(=O)/C=C/C(=O)OC3(CCN4CCN(C)CC4)CN(C)C(=O)c4ccccc4O3)CN(C)C(=O)c3ccccc3O2)CC1. The van der Waals surface area contributed by atoms with Gasteiger partial charge in [0.25, 0.3) is 23.4 Å². The molecular formula is C38H50N6O8. The van der Waals surface area contributed by atoms with E-state index in [1.807, 2.05) is 0 Å². The number of amides is 2. The summed E-state index contributed by atoms with van der Waals surface area (Å²) >= 11 is 0. The maximum absolute atomic E-state index is 13.6. The van der Waals surface area contributed by atoms with Gasteiger partial charge in [-0.2, -0.15) is 0 Å². The maximum Gasteiger partial charge on any atom is 0.334 e. The fraction of sp³-hybridized carbons (Fsp3) is 0.526. The summed E-state index contributed by atoms with van der Waals surface area (Å²) in [4.78, 5) is 65.7. The molecule has 2 aromatic carbocycles. The van der Waals surface area contributed by atoms with E-state index in [9.17, 15) is 19.2 Å². The molecule has 2 saturated heterocycles. The minimum absolute atomic E-state index is 0.0126. The van der Waals surface area contributed by atoms with E-state index in [4.69, 9.17) is 18.9 Å². The third kappa shape index (κ3) is 8.92. The molecule has 0 aromatic heterocycles. The van der Waals surface area contributed by atoms with Crippen LogP contribution in [0.5, 0.6) is 11.5 Å². The summed E-state index contributed by atoms with van der Waals surface area (Å²) in [6.45, 7) is 8.15. The lowest BCUT2D eigenvalue weighted by Gasteiger charge is -2.38. The Kier molecular flexibility index (Phi) is 11.5. The number of likely N-dealkylation sites (N-methyl/N-ethyl adjacent to an activating group) is 4. The van der Waals surface area contributed by atoms with Gasteiger partial charge in [-0.1, -0.05) is 24.3 Å². The molecule has 2 unspecified atom stereocenters. The molecule has 2 amide bonds. The Morgan fingerprint density at radius 2 is 0.981 bits per heavy atom. The van der Waals surface area contributed by atoms with Crippen molar-refractivity contribution < 1.29 is 38.1 Å². The number of benzene rings is 2. The first-order valence-corrected chi connectivity index (χ1v) is 18.0. The van der Waals surface area contributed by atoms with Crippen LogP contribution in [0, 0.1) is 0 Å². The number of rotatable bonds is 10. The Bertz CT molecular complexity index is 1540. The van der Waals surface area contributed by atoms with Crippen LogP contribution >= 0.6 is 0 Å². The molecule has 2 fully saturated rings. The van der Waals surface area contributed by atoms with E-state index in [2.05, 4.69) is 33.7 Å². The van der Waals surface area contributed by atoms with Crippen molar-refractivity contribution in [1.29, 1.82) is 0 Å². The maximum atomic E-state index is 13.6. The minimum atomic E-state index is -1.52. The number of carbonyl (C=O) groups excluding carboxylic acids is 4. The molecule has 52 heavy (non-hydrogen) atoms. The van der Waals surface area contributed by atoms with Crippen LogP contribution in [0.15, 0.2) is 60.7 Å². The second-order valence-corrected chi connectivity index (χ2v) is 14.3. The molecule has 4 aliphatic heterocycles. The second-order valence-electron chi connectivity index (χ2n) is 14.3. The monoisotopic (exact) mass is 718 g/mol. The first kappa shape index (κ1) is 37.3. The van der Waals surface area contributed by atoms with Crippen molar-refractivity contribution in [3.05, 3.63) is 71.8 Å². The molecule has 0 radical (unpaired) electrons. The number of hydrogen-bond acceptors (Lipinski definition) is 12. The van der Waals surface area contributed by atoms with Crippen LogP contribution in [-0.4, -0.2) is 171 Å². The van der Waals surface area contributed by atoms with Crippen molar-refractivity contribution >= 4 is 23.8 Å². The standard InChI is InChI=1S/C38H50N6O8/c1-39-19-23-43(24-20-39)17-15-37(27-41(3)35(47)29-9-5-7-11-31(29)49-37)51-33(45)13-14-34(46)52-38(16-18-44-25-21-40(2)22-26-44)28-42(4)36(48)30-10-6-8-12-32(30)50-38/h5-14H,15-28H2,1-4H3/b14-13+. The van der Waals surface area contributed by atoms with Gasteiger partial charge in [-0.3, -0.25) is 9.59 Å². The summed E-state index contributed by atoms with van der Waals surface area (Å²) in [6.07, 6.45) is 2.59. The predicted octanol–water partition coefficient (Wildman–Crippen LogP) is 1.63. The van der Waals surface area contributed by atoms with Gasteiger partial charge in [0.05, 0.1) is 24.2 Å². The highest BCUT2D eigenvalue weighted by Crippen LogP contribution is 2.34. The van der Waals surface area contributed by atoms with Crippen LogP contribution in [0.3, 0.4) is 0 Å². The van der Waals surface area contributed by atoms with Gasteiger partial charge in [0.2, 0.25) is 0 Å². The summed E-state index contributed by atoms with van der Waals surface area (Å²) in [5, 5.41) is 0. The molecule has 0 bridgehead atoms. The number of nitrogens with zero attached hydrogens (tertiary/aromatic N) is 6. The fourth-order valence-electron chi connectivity index (χ4n) is 7.05. The number of esters is 2. The molecule has 2 aromatic rings. The molecule has 0 spiro atoms. The topological polar surface area (TPSA) is 125 Å². The third-order valence-corrected chi connectivity index (χ3v) is 10.2. The average Bonchev–Trinajstić information content (AvgIpc) is 3.30. The molecule has 14 heteroatoms. The van der Waals surface area contributed by atoms with Gasteiger partial charge in [-0.15, -0.1) is 0 Å². The summed E-state index contributed by atoms with van der Waals surface area (Å²) in [6, 6.07) is 13.8. The Morgan fingerprint density at radius 1 is 0.615 bits per heavy atom. The van der Waals surface area contributed by atoms with Gasteiger partial charge in [0.15, 0.2) is 0 Å². The first-order chi connectivity index (χ1) is 24.9. The fourth-order valence-corrected chi connectivity index (χ4v) is 7.05. The zero-order chi connectivity index (χ0) is 36.9.